The summed E-state index contributed by atoms with van der Waals surface area (Å²) < 4.78 is 32.3. The summed E-state index contributed by atoms with van der Waals surface area (Å²) in [7, 11) is -2.27. The SMILES string of the molecule is Cc1nc(CNS(=O)(=O)c2c(Br)nnn2C)no1. The van der Waals surface area contributed by atoms with Crippen LogP contribution >= 0.6 is 15.9 Å². The molecular formula is C7H9BrN6O3S. The molecular weight excluding hydrogens is 328 g/mol. The van der Waals surface area contributed by atoms with E-state index in [9.17, 15) is 8.42 Å². The zero-order valence-corrected chi connectivity index (χ0v) is 11.9. The fourth-order valence-electron chi connectivity index (χ4n) is 1.25. The van der Waals surface area contributed by atoms with Crippen molar-refractivity contribution in [3.63, 3.8) is 0 Å². The minimum atomic E-state index is -3.75. The number of aromatic nitrogens is 5. The molecule has 11 heteroatoms. The van der Waals surface area contributed by atoms with Gasteiger partial charge < -0.3 is 4.52 Å². The first-order valence-electron chi connectivity index (χ1n) is 4.74. The summed E-state index contributed by atoms with van der Waals surface area (Å²) in [6, 6.07) is 0. The second-order valence-electron chi connectivity index (χ2n) is 3.36. The standard InChI is InChI=1S/C7H9BrN6O3S/c1-4-10-5(12-17-4)3-9-18(15,16)7-6(8)11-13-14(7)2/h9H,3H2,1-2H3. The van der Waals surface area contributed by atoms with E-state index in [0.717, 1.165) is 4.68 Å². The van der Waals surface area contributed by atoms with Crippen molar-refractivity contribution in [3.8, 4) is 0 Å². The van der Waals surface area contributed by atoms with E-state index in [1.165, 1.54) is 7.05 Å². The Hall–Kier alpha value is -1.33. The van der Waals surface area contributed by atoms with Crippen LogP contribution in [0.25, 0.3) is 0 Å². The molecule has 0 radical (unpaired) electrons. The largest absolute Gasteiger partial charge is 0.340 e. The maximum Gasteiger partial charge on any atom is 0.260 e. The van der Waals surface area contributed by atoms with Crippen LogP contribution in [0.3, 0.4) is 0 Å². The maximum atomic E-state index is 12.0. The van der Waals surface area contributed by atoms with Crippen LogP contribution in [0.5, 0.6) is 0 Å². The number of sulfonamides is 1. The van der Waals surface area contributed by atoms with Gasteiger partial charge in [-0.05, 0) is 15.9 Å². The molecule has 1 N–H and O–H groups in total. The Kier molecular flexibility index (Phi) is 3.45. The summed E-state index contributed by atoms with van der Waals surface area (Å²) in [5.74, 6) is 0.620. The lowest BCUT2D eigenvalue weighted by Crippen LogP contribution is -2.26. The van der Waals surface area contributed by atoms with Crippen LogP contribution in [0.15, 0.2) is 14.2 Å². The summed E-state index contributed by atoms with van der Waals surface area (Å²) in [5, 5.41) is 10.7. The summed E-state index contributed by atoms with van der Waals surface area (Å²) in [4.78, 5) is 3.89. The molecule has 0 bridgehead atoms. The molecule has 0 saturated heterocycles. The van der Waals surface area contributed by atoms with Crippen LogP contribution in [-0.2, 0) is 23.6 Å². The summed E-state index contributed by atoms with van der Waals surface area (Å²) in [6.07, 6.45) is 0. The van der Waals surface area contributed by atoms with Crippen molar-refractivity contribution in [2.75, 3.05) is 0 Å². The topological polar surface area (TPSA) is 116 Å². The Morgan fingerprint density at radius 3 is 2.72 bits per heavy atom. The fourth-order valence-corrected chi connectivity index (χ4v) is 3.32. The normalized spacial score (nSPS) is 11.9. The zero-order valence-electron chi connectivity index (χ0n) is 9.45. The Labute approximate surface area is 111 Å². The van der Waals surface area contributed by atoms with E-state index >= 15 is 0 Å². The minimum absolute atomic E-state index is 0.0669. The number of rotatable bonds is 4. The Balaban J connectivity index is 2.18. The summed E-state index contributed by atoms with van der Waals surface area (Å²) in [5.41, 5.74) is 0. The number of nitrogens with zero attached hydrogens (tertiary/aromatic N) is 5. The van der Waals surface area contributed by atoms with E-state index in [1.807, 2.05) is 0 Å². The summed E-state index contributed by atoms with van der Waals surface area (Å²) in [6.45, 7) is 1.55. The minimum Gasteiger partial charge on any atom is -0.340 e. The molecule has 18 heavy (non-hydrogen) atoms. The Morgan fingerprint density at radius 2 is 2.22 bits per heavy atom. The third kappa shape index (κ3) is 2.57. The van der Waals surface area contributed by atoms with Gasteiger partial charge in [-0.2, -0.15) is 4.98 Å². The molecule has 0 spiro atoms. The molecule has 0 saturated carbocycles. The van der Waals surface area contributed by atoms with Gasteiger partial charge in [0, 0.05) is 14.0 Å². The number of aryl methyl sites for hydroxylation is 2. The van der Waals surface area contributed by atoms with Gasteiger partial charge in [-0.25, -0.2) is 17.8 Å². The van der Waals surface area contributed by atoms with Gasteiger partial charge in [0.1, 0.15) is 0 Å². The smallest absolute Gasteiger partial charge is 0.260 e. The van der Waals surface area contributed by atoms with Crippen molar-refractivity contribution < 1.29 is 12.9 Å². The van der Waals surface area contributed by atoms with E-state index in [4.69, 9.17) is 4.52 Å². The fraction of sp³-hybridized carbons (Fsp3) is 0.429. The molecule has 0 aliphatic heterocycles. The van der Waals surface area contributed by atoms with Gasteiger partial charge in [-0.3, -0.25) is 0 Å². The van der Waals surface area contributed by atoms with Crippen molar-refractivity contribution in [2.24, 2.45) is 7.05 Å². The molecule has 98 valence electrons. The molecule has 0 fully saturated rings. The van der Waals surface area contributed by atoms with Crippen LogP contribution in [0.4, 0.5) is 0 Å². The molecule has 2 heterocycles. The average molecular weight is 337 g/mol. The molecule has 0 aromatic carbocycles. The molecule has 2 aromatic rings. The highest BCUT2D eigenvalue weighted by Crippen LogP contribution is 2.17. The molecule has 9 nitrogen and oxygen atoms in total. The highest BCUT2D eigenvalue weighted by Gasteiger charge is 2.24. The van der Waals surface area contributed by atoms with Gasteiger partial charge in [0.25, 0.3) is 10.0 Å². The van der Waals surface area contributed by atoms with Crippen molar-refractivity contribution >= 4 is 26.0 Å². The van der Waals surface area contributed by atoms with Gasteiger partial charge in [0.05, 0.1) is 6.54 Å². The second-order valence-corrected chi connectivity index (χ2v) is 5.80. The molecule has 2 rings (SSSR count). The third-order valence-electron chi connectivity index (χ3n) is 1.98. The van der Waals surface area contributed by atoms with Crippen LogP contribution in [0, 0.1) is 6.92 Å². The van der Waals surface area contributed by atoms with E-state index in [-0.39, 0.29) is 22.0 Å². The maximum absolute atomic E-state index is 12.0. The predicted molar refractivity (Wildman–Crippen MR) is 61.8 cm³/mol. The zero-order chi connectivity index (χ0) is 13.3. The van der Waals surface area contributed by atoms with Crippen LogP contribution < -0.4 is 4.72 Å². The van der Waals surface area contributed by atoms with Crippen molar-refractivity contribution in [3.05, 3.63) is 16.3 Å². The lowest BCUT2D eigenvalue weighted by Gasteiger charge is -2.04. The lowest BCUT2D eigenvalue weighted by molar-refractivity contribution is 0.387. The average Bonchev–Trinajstić information content (AvgIpc) is 2.83. The molecule has 2 aromatic heterocycles. The molecule has 0 unspecified atom stereocenters. The quantitative estimate of drug-likeness (QED) is 0.817. The van der Waals surface area contributed by atoms with Crippen LogP contribution in [0.1, 0.15) is 11.7 Å². The molecule has 0 atom stereocenters. The molecule has 0 amide bonds. The second kappa shape index (κ2) is 4.74. The van der Waals surface area contributed by atoms with Crippen molar-refractivity contribution in [2.45, 2.75) is 18.5 Å². The number of hydrogen-bond donors (Lipinski definition) is 1. The van der Waals surface area contributed by atoms with Crippen molar-refractivity contribution in [1.29, 1.82) is 0 Å². The predicted octanol–water partition coefficient (Wildman–Crippen LogP) is -0.252. The van der Waals surface area contributed by atoms with Gasteiger partial charge in [0.15, 0.2) is 10.4 Å². The number of hydrogen-bond acceptors (Lipinski definition) is 7. The highest BCUT2D eigenvalue weighted by molar-refractivity contribution is 9.10. The monoisotopic (exact) mass is 336 g/mol. The first kappa shape index (κ1) is 13.1. The highest BCUT2D eigenvalue weighted by atomic mass is 79.9. The van der Waals surface area contributed by atoms with E-state index in [2.05, 4.69) is 41.1 Å². The van der Waals surface area contributed by atoms with Gasteiger partial charge in [-0.1, -0.05) is 10.4 Å². The Morgan fingerprint density at radius 1 is 1.50 bits per heavy atom. The summed E-state index contributed by atoms with van der Waals surface area (Å²) >= 11 is 3.02. The van der Waals surface area contributed by atoms with E-state index < -0.39 is 10.0 Å². The van der Waals surface area contributed by atoms with Crippen molar-refractivity contribution in [1.82, 2.24) is 29.9 Å². The van der Waals surface area contributed by atoms with Gasteiger partial charge in [-0.15, -0.1) is 5.10 Å². The van der Waals surface area contributed by atoms with Crippen LogP contribution in [0.2, 0.25) is 0 Å². The number of halogens is 1. The van der Waals surface area contributed by atoms with E-state index in [0.29, 0.717) is 5.89 Å². The number of nitrogens with one attached hydrogen (secondary N) is 1. The lowest BCUT2D eigenvalue weighted by atomic mass is 10.6. The van der Waals surface area contributed by atoms with Crippen LogP contribution in [-0.4, -0.2) is 33.6 Å². The molecule has 0 aliphatic rings. The van der Waals surface area contributed by atoms with E-state index in [1.54, 1.807) is 6.92 Å². The van der Waals surface area contributed by atoms with Gasteiger partial charge >= 0.3 is 0 Å². The van der Waals surface area contributed by atoms with Gasteiger partial charge in [0.2, 0.25) is 10.9 Å². The first-order valence-corrected chi connectivity index (χ1v) is 7.02. The Bertz CT molecular complexity index is 643. The first-order chi connectivity index (χ1) is 8.40. The molecule has 0 aliphatic carbocycles. The third-order valence-corrected chi connectivity index (χ3v) is 4.27.